The second-order valence-electron chi connectivity index (χ2n) is 14.0. The number of carbonyl (C=O) groups is 1. The Bertz CT molecular complexity index is 891. The van der Waals surface area contributed by atoms with Crippen LogP contribution in [0.5, 0.6) is 0 Å². The Labute approximate surface area is 196 Å². The lowest BCUT2D eigenvalue weighted by Crippen LogP contribution is -2.53. The first kappa shape index (κ1) is 22.9. The van der Waals surface area contributed by atoms with Gasteiger partial charge in [0.1, 0.15) is 5.78 Å². The van der Waals surface area contributed by atoms with Crippen LogP contribution in [-0.4, -0.2) is 17.5 Å². The number of rotatable bonds is 2. The van der Waals surface area contributed by atoms with E-state index in [9.17, 15) is 4.79 Å². The number of hydrogen-bond donors (Lipinski definition) is 0. The van der Waals surface area contributed by atoms with E-state index in [-0.39, 0.29) is 21.8 Å². The van der Waals surface area contributed by atoms with Crippen molar-refractivity contribution in [2.45, 2.75) is 118 Å². The average Bonchev–Trinajstić information content (AvgIpc) is 3.21. The SMILES string of the molecule is C[C@H](C1CCC(C)(C)O1)[C@H]1CC[C@@]2(C)C3=CCC4C(C)(C)C(=O)CC[C@]4(C)C3=CC[C@]12C. The molecule has 0 bridgehead atoms. The first-order valence-electron chi connectivity index (χ1n) is 13.4. The Morgan fingerprint density at radius 3 is 2.31 bits per heavy atom. The molecule has 32 heavy (non-hydrogen) atoms. The molecule has 0 aromatic heterocycles. The van der Waals surface area contributed by atoms with Crippen LogP contribution in [0.15, 0.2) is 23.3 Å². The van der Waals surface area contributed by atoms with Crippen LogP contribution in [0, 0.1) is 39.4 Å². The molecule has 7 atom stereocenters. The maximum absolute atomic E-state index is 12.8. The third-order valence-electron chi connectivity index (χ3n) is 11.8. The Kier molecular flexibility index (Phi) is 4.89. The van der Waals surface area contributed by atoms with E-state index in [1.165, 1.54) is 32.1 Å². The first-order valence-corrected chi connectivity index (χ1v) is 13.4. The summed E-state index contributed by atoms with van der Waals surface area (Å²) in [5.74, 6) is 2.22. The molecule has 2 saturated carbocycles. The zero-order valence-corrected chi connectivity index (χ0v) is 21.9. The molecular weight excluding hydrogens is 392 g/mol. The van der Waals surface area contributed by atoms with Gasteiger partial charge < -0.3 is 4.74 Å². The predicted molar refractivity (Wildman–Crippen MR) is 131 cm³/mol. The number of fused-ring (bicyclic) bond motifs is 5. The van der Waals surface area contributed by atoms with Crippen LogP contribution in [0.4, 0.5) is 0 Å². The summed E-state index contributed by atoms with van der Waals surface area (Å²) in [6, 6.07) is 0. The molecule has 4 aliphatic carbocycles. The molecule has 1 heterocycles. The van der Waals surface area contributed by atoms with Gasteiger partial charge in [0.15, 0.2) is 0 Å². The molecule has 1 aliphatic heterocycles. The molecule has 0 radical (unpaired) electrons. The summed E-state index contributed by atoms with van der Waals surface area (Å²) in [6.45, 7) is 19.1. The predicted octanol–water partition coefficient (Wildman–Crippen LogP) is 7.67. The molecule has 5 rings (SSSR count). The maximum atomic E-state index is 12.8. The van der Waals surface area contributed by atoms with Crippen molar-refractivity contribution in [2.75, 3.05) is 0 Å². The van der Waals surface area contributed by atoms with Gasteiger partial charge in [0.25, 0.3) is 0 Å². The molecular formula is C30H46O2. The highest BCUT2D eigenvalue weighted by molar-refractivity contribution is 5.86. The third-order valence-corrected chi connectivity index (χ3v) is 11.8. The van der Waals surface area contributed by atoms with Crippen molar-refractivity contribution in [3.05, 3.63) is 23.3 Å². The molecule has 0 spiro atoms. The van der Waals surface area contributed by atoms with Crippen LogP contribution in [0.25, 0.3) is 0 Å². The van der Waals surface area contributed by atoms with Crippen LogP contribution in [0.3, 0.4) is 0 Å². The summed E-state index contributed by atoms with van der Waals surface area (Å²) in [7, 11) is 0. The summed E-state index contributed by atoms with van der Waals surface area (Å²) in [5.41, 5.74) is 3.77. The number of allylic oxidation sites excluding steroid dienone is 4. The smallest absolute Gasteiger partial charge is 0.138 e. The first-order chi connectivity index (χ1) is 14.8. The van der Waals surface area contributed by atoms with Crippen LogP contribution in [-0.2, 0) is 9.53 Å². The Morgan fingerprint density at radius 2 is 1.66 bits per heavy atom. The molecule has 5 aliphatic rings. The fraction of sp³-hybridized carbons (Fsp3) is 0.833. The minimum Gasteiger partial charge on any atom is -0.372 e. The molecule has 178 valence electrons. The van der Waals surface area contributed by atoms with Gasteiger partial charge in [-0.05, 0) is 104 Å². The van der Waals surface area contributed by atoms with Gasteiger partial charge in [-0.2, -0.15) is 0 Å². The molecule has 0 N–H and O–H groups in total. The number of ketones is 1. The van der Waals surface area contributed by atoms with Crippen molar-refractivity contribution in [1.29, 1.82) is 0 Å². The van der Waals surface area contributed by atoms with Crippen LogP contribution < -0.4 is 0 Å². The molecule has 3 fully saturated rings. The summed E-state index contributed by atoms with van der Waals surface area (Å²) >= 11 is 0. The zero-order valence-electron chi connectivity index (χ0n) is 21.9. The number of hydrogen-bond acceptors (Lipinski definition) is 2. The summed E-state index contributed by atoms with van der Waals surface area (Å²) in [5, 5.41) is 0. The van der Waals surface area contributed by atoms with Crippen molar-refractivity contribution in [1.82, 2.24) is 0 Å². The van der Waals surface area contributed by atoms with Gasteiger partial charge >= 0.3 is 0 Å². The summed E-state index contributed by atoms with van der Waals surface area (Å²) in [6.07, 6.45) is 14.6. The fourth-order valence-corrected chi connectivity index (χ4v) is 9.34. The van der Waals surface area contributed by atoms with Crippen molar-refractivity contribution >= 4 is 5.78 Å². The Morgan fingerprint density at radius 1 is 0.938 bits per heavy atom. The maximum Gasteiger partial charge on any atom is 0.138 e. The largest absolute Gasteiger partial charge is 0.372 e. The molecule has 2 heteroatoms. The summed E-state index contributed by atoms with van der Waals surface area (Å²) < 4.78 is 6.54. The van der Waals surface area contributed by atoms with Crippen molar-refractivity contribution < 1.29 is 9.53 Å². The highest BCUT2D eigenvalue weighted by atomic mass is 16.5. The van der Waals surface area contributed by atoms with Crippen molar-refractivity contribution in [3.63, 3.8) is 0 Å². The average molecular weight is 439 g/mol. The van der Waals surface area contributed by atoms with Gasteiger partial charge in [-0.25, -0.2) is 0 Å². The molecule has 2 unspecified atom stereocenters. The van der Waals surface area contributed by atoms with Crippen LogP contribution in [0.1, 0.15) is 107 Å². The fourth-order valence-electron chi connectivity index (χ4n) is 9.34. The molecule has 2 nitrogen and oxygen atoms in total. The topological polar surface area (TPSA) is 26.3 Å². The van der Waals surface area contributed by atoms with Crippen molar-refractivity contribution in [3.8, 4) is 0 Å². The molecule has 0 amide bonds. The van der Waals surface area contributed by atoms with E-state index in [1.807, 2.05) is 0 Å². The van der Waals surface area contributed by atoms with Gasteiger partial charge in [-0.3, -0.25) is 4.79 Å². The molecule has 0 aromatic rings. The van der Waals surface area contributed by atoms with Crippen molar-refractivity contribution in [2.24, 2.45) is 39.4 Å². The monoisotopic (exact) mass is 438 g/mol. The molecule has 0 aromatic carbocycles. The Hall–Kier alpha value is -0.890. The zero-order chi connectivity index (χ0) is 23.3. The van der Waals surface area contributed by atoms with E-state index >= 15 is 0 Å². The van der Waals surface area contributed by atoms with E-state index in [2.05, 4.69) is 67.5 Å². The number of ether oxygens (including phenoxy) is 1. The standard InChI is InChI=1S/C30H46O2/c1-19(23-13-15-26(2,3)32-23)20-11-17-30(8)22-9-10-24-27(4,5)25(31)14-16-28(24,6)21(22)12-18-29(20,30)7/h9,12,19-20,23-24H,10-11,13-18H2,1-8H3/t19-,20+,23?,24?,28+,29+,30-/m0/s1. The van der Waals surface area contributed by atoms with Gasteiger partial charge in [0.2, 0.25) is 0 Å². The second-order valence-corrected chi connectivity index (χ2v) is 14.0. The van der Waals surface area contributed by atoms with E-state index in [1.54, 1.807) is 11.1 Å². The van der Waals surface area contributed by atoms with Gasteiger partial charge in [-0.15, -0.1) is 0 Å². The van der Waals surface area contributed by atoms with Gasteiger partial charge in [0, 0.05) is 11.8 Å². The number of Topliss-reactive ketones (excluding diaryl/α,β-unsaturated/α-hetero) is 1. The lowest BCUT2D eigenvalue weighted by Gasteiger charge is -2.59. The Balaban J connectivity index is 1.50. The van der Waals surface area contributed by atoms with E-state index in [0.717, 1.165) is 19.3 Å². The van der Waals surface area contributed by atoms with E-state index < -0.39 is 0 Å². The van der Waals surface area contributed by atoms with Gasteiger partial charge in [0.05, 0.1) is 11.7 Å². The second kappa shape index (κ2) is 6.83. The highest BCUT2D eigenvalue weighted by Crippen LogP contribution is 2.71. The quantitative estimate of drug-likeness (QED) is 0.442. The number of carbonyl (C=O) groups excluding carboxylic acids is 1. The minimum atomic E-state index is -0.211. The van der Waals surface area contributed by atoms with E-state index in [0.29, 0.717) is 35.1 Å². The van der Waals surface area contributed by atoms with Gasteiger partial charge in [-0.1, -0.05) is 53.7 Å². The normalized spacial score (nSPS) is 47.8. The molecule has 1 saturated heterocycles. The highest BCUT2D eigenvalue weighted by Gasteiger charge is 2.63. The van der Waals surface area contributed by atoms with Crippen LogP contribution >= 0.6 is 0 Å². The van der Waals surface area contributed by atoms with Crippen LogP contribution in [0.2, 0.25) is 0 Å². The van der Waals surface area contributed by atoms with E-state index in [4.69, 9.17) is 4.74 Å². The lowest BCUT2D eigenvalue weighted by atomic mass is 9.44. The third kappa shape index (κ3) is 2.83. The summed E-state index contributed by atoms with van der Waals surface area (Å²) in [4.78, 5) is 12.8. The minimum absolute atomic E-state index is 0.0437. The lowest BCUT2D eigenvalue weighted by molar-refractivity contribution is -0.138.